The van der Waals surface area contributed by atoms with Gasteiger partial charge in [-0.05, 0) is 25.7 Å². The third kappa shape index (κ3) is 6.82. The first-order valence-corrected chi connectivity index (χ1v) is 8.29. The number of carbonyl (C=O) groups is 1. The lowest BCUT2D eigenvalue weighted by Gasteiger charge is -2.22. The molecule has 0 bridgehead atoms. The van der Waals surface area contributed by atoms with Crippen molar-refractivity contribution in [3.8, 4) is 0 Å². The van der Waals surface area contributed by atoms with E-state index in [4.69, 9.17) is 0 Å². The summed E-state index contributed by atoms with van der Waals surface area (Å²) in [5.74, 6) is 1.80. The molecule has 1 saturated carbocycles. The van der Waals surface area contributed by atoms with Crippen molar-refractivity contribution in [1.29, 1.82) is 0 Å². The molecule has 1 atom stereocenters. The van der Waals surface area contributed by atoms with E-state index in [1.165, 1.54) is 19.3 Å². The highest BCUT2D eigenvalue weighted by molar-refractivity contribution is 5.80. The second kappa shape index (κ2) is 9.64. The van der Waals surface area contributed by atoms with Crippen LogP contribution in [0.5, 0.6) is 0 Å². The van der Waals surface area contributed by atoms with Crippen molar-refractivity contribution in [2.24, 2.45) is 16.8 Å². The number of nitrogens with zero attached hydrogens (tertiary/aromatic N) is 1. The predicted molar refractivity (Wildman–Crippen MR) is 88.4 cm³/mol. The summed E-state index contributed by atoms with van der Waals surface area (Å²) >= 11 is 0. The molecular formula is C16H32N4O. The van der Waals surface area contributed by atoms with Gasteiger partial charge in [-0.1, -0.05) is 33.1 Å². The van der Waals surface area contributed by atoms with Crippen molar-refractivity contribution in [2.75, 3.05) is 20.1 Å². The summed E-state index contributed by atoms with van der Waals surface area (Å²) in [6, 6.07) is 0.369. The van der Waals surface area contributed by atoms with E-state index in [1.54, 1.807) is 7.05 Å². The van der Waals surface area contributed by atoms with Crippen LogP contribution in [0.1, 0.15) is 52.9 Å². The standard InChI is InChI=1S/C16H32N4O/c1-12(2)13(3)20-16(17-4)19-11-10-18-15(21)14-8-6-5-7-9-14/h12-14H,5-11H2,1-4H3,(H,18,21)(H2,17,19,20). The average molecular weight is 296 g/mol. The first-order chi connectivity index (χ1) is 10.0. The van der Waals surface area contributed by atoms with Crippen LogP contribution in [0, 0.1) is 11.8 Å². The van der Waals surface area contributed by atoms with Gasteiger partial charge in [0.2, 0.25) is 5.91 Å². The van der Waals surface area contributed by atoms with Crippen LogP contribution in [0.25, 0.3) is 0 Å². The zero-order valence-electron chi connectivity index (χ0n) is 14.0. The predicted octanol–water partition coefficient (Wildman–Crippen LogP) is 1.89. The lowest BCUT2D eigenvalue weighted by molar-refractivity contribution is -0.125. The first-order valence-electron chi connectivity index (χ1n) is 8.29. The summed E-state index contributed by atoms with van der Waals surface area (Å²) < 4.78 is 0. The molecule has 5 nitrogen and oxygen atoms in total. The second-order valence-electron chi connectivity index (χ2n) is 6.30. The van der Waals surface area contributed by atoms with E-state index in [0.717, 1.165) is 18.8 Å². The van der Waals surface area contributed by atoms with Crippen LogP contribution in [0.3, 0.4) is 0 Å². The largest absolute Gasteiger partial charge is 0.355 e. The number of amides is 1. The summed E-state index contributed by atoms with van der Waals surface area (Å²) in [4.78, 5) is 16.2. The Balaban J connectivity index is 2.18. The van der Waals surface area contributed by atoms with Gasteiger partial charge in [-0.2, -0.15) is 0 Å². The van der Waals surface area contributed by atoms with Gasteiger partial charge < -0.3 is 16.0 Å². The van der Waals surface area contributed by atoms with Gasteiger partial charge in [0, 0.05) is 32.1 Å². The topological polar surface area (TPSA) is 65.5 Å². The Labute approximate surface area is 129 Å². The van der Waals surface area contributed by atoms with Gasteiger partial charge in [0.1, 0.15) is 0 Å². The number of guanidine groups is 1. The molecule has 0 heterocycles. The van der Waals surface area contributed by atoms with E-state index >= 15 is 0 Å². The Morgan fingerprint density at radius 1 is 1.10 bits per heavy atom. The van der Waals surface area contributed by atoms with Gasteiger partial charge in [-0.15, -0.1) is 0 Å². The number of nitrogens with one attached hydrogen (secondary N) is 3. The maximum absolute atomic E-state index is 12.0. The summed E-state index contributed by atoms with van der Waals surface area (Å²) in [5, 5.41) is 9.61. The monoisotopic (exact) mass is 296 g/mol. The van der Waals surface area contributed by atoms with E-state index in [2.05, 4.69) is 41.7 Å². The molecule has 0 saturated heterocycles. The van der Waals surface area contributed by atoms with Crippen LogP contribution in [0.4, 0.5) is 0 Å². The van der Waals surface area contributed by atoms with Gasteiger partial charge in [-0.25, -0.2) is 0 Å². The van der Waals surface area contributed by atoms with Gasteiger partial charge in [0.25, 0.3) is 0 Å². The molecule has 3 N–H and O–H groups in total. The molecule has 21 heavy (non-hydrogen) atoms. The van der Waals surface area contributed by atoms with Crippen LogP contribution in [-0.2, 0) is 4.79 Å². The minimum absolute atomic E-state index is 0.218. The molecule has 122 valence electrons. The van der Waals surface area contributed by atoms with E-state index < -0.39 is 0 Å². The van der Waals surface area contributed by atoms with E-state index in [-0.39, 0.29) is 11.8 Å². The molecule has 1 aliphatic carbocycles. The molecule has 1 rings (SSSR count). The smallest absolute Gasteiger partial charge is 0.223 e. The molecule has 0 aromatic rings. The minimum Gasteiger partial charge on any atom is -0.355 e. The number of hydrogen-bond acceptors (Lipinski definition) is 2. The number of rotatable bonds is 6. The summed E-state index contributed by atoms with van der Waals surface area (Å²) in [6.07, 6.45) is 5.77. The van der Waals surface area contributed by atoms with Gasteiger partial charge in [-0.3, -0.25) is 9.79 Å². The molecule has 0 aliphatic heterocycles. The molecule has 1 unspecified atom stereocenters. The Kier molecular flexibility index (Phi) is 8.16. The first kappa shape index (κ1) is 17.8. The van der Waals surface area contributed by atoms with Gasteiger partial charge in [0.05, 0.1) is 0 Å². The molecule has 1 aliphatic rings. The Morgan fingerprint density at radius 3 is 2.29 bits per heavy atom. The fraction of sp³-hybridized carbons (Fsp3) is 0.875. The third-order valence-corrected chi connectivity index (χ3v) is 4.28. The Hall–Kier alpha value is -1.26. The second-order valence-corrected chi connectivity index (χ2v) is 6.30. The van der Waals surface area contributed by atoms with Crippen molar-refractivity contribution in [3.63, 3.8) is 0 Å². The summed E-state index contributed by atoms with van der Waals surface area (Å²) in [7, 11) is 1.77. The van der Waals surface area contributed by atoms with Gasteiger partial charge in [0.15, 0.2) is 5.96 Å². The molecule has 5 heteroatoms. The maximum atomic E-state index is 12.0. The highest BCUT2D eigenvalue weighted by atomic mass is 16.1. The maximum Gasteiger partial charge on any atom is 0.223 e. The summed E-state index contributed by atoms with van der Waals surface area (Å²) in [5.41, 5.74) is 0. The van der Waals surface area contributed by atoms with Crippen molar-refractivity contribution < 1.29 is 4.79 Å². The number of carbonyl (C=O) groups excluding carboxylic acids is 1. The summed E-state index contributed by atoms with van der Waals surface area (Å²) in [6.45, 7) is 7.84. The highest BCUT2D eigenvalue weighted by Gasteiger charge is 2.20. The van der Waals surface area contributed by atoms with Crippen molar-refractivity contribution in [3.05, 3.63) is 0 Å². The third-order valence-electron chi connectivity index (χ3n) is 4.28. The van der Waals surface area contributed by atoms with E-state index in [9.17, 15) is 4.79 Å². The van der Waals surface area contributed by atoms with Crippen LogP contribution in [-0.4, -0.2) is 38.0 Å². The minimum atomic E-state index is 0.218. The molecule has 0 spiro atoms. The molecule has 0 aromatic carbocycles. The molecular weight excluding hydrogens is 264 g/mol. The lowest BCUT2D eigenvalue weighted by atomic mass is 9.89. The molecule has 1 amide bonds. The SMILES string of the molecule is CN=C(NCCNC(=O)C1CCCCC1)NC(C)C(C)C. The fourth-order valence-corrected chi connectivity index (χ4v) is 2.45. The average Bonchev–Trinajstić information content (AvgIpc) is 2.50. The Bertz CT molecular complexity index is 335. The van der Waals surface area contributed by atoms with Crippen LogP contribution >= 0.6 is 0 Å². The zero-order valence-corrected chi connectivity index (χ0v) is 14.0. The number of hydrogen-bond donors (Lipinski definition) is 3. The molecule has 0 radical (unpaired) electrons. The van der Waals surface area contributed by atoms with Gasteiger partial charge >= 0.3 is 0 Å². The van der Waals surface area contributed by atoms with E-state index in [1.807, 2.05) is 0 Å². The van der Waals surface area contributed by atoms with Crippen molar-refractivity contribution in [1.82, 2.24) is 16.0 Å². The van der Waals surface area contributed by atoms with E-state index in [0.29, 0.717) is 25.0 Å². The van der Waals surface area contributed by atoms with Crippen LogP contribution < -0.4 is 16.0 Å². The lowest BCUT2D eigenvalue weighted by Crippen LogP contribution is -2.46. The van der Waals surface area contributed by atoms with Crippen LogP contribution in [0.2, 0.25) is 0 Å². The fourth-order valence-electron chi connectivity index (χ4n) is 2.45. The normalized spacial score (nSPS) is 18.4. The Morgan fingerprint density at radius 2 is 1.71 bits per heavy atom. The van der Waals surface area contributed by atoms with Crippen molar-refractivity contribution >= 4 is 11.9 Å². The van der Waals surface area contributed by atoms with Crippen LogP contribution in [0.15, 0.2) is 4.99 Å². The quantitative estimate of drug-likeness (QED) is 0.398. The highest BCUT2D eigenvalue weighted by Crippen LogP contribution is 2.23. The molecule has 0 aromatic heterocycles. The number of aliphatic imine (C=N–C) groups is 1. The van der Waals surface area contributed by atoms with Crippen molar-refractivity contribution in [2.45, 2.75) is 58.9 Å². The molecule has 1 fully saturated rings. The zero-order chi connectivity index (χ0) is 15.7.